The summed E-state index contributed by atoms with van der Waals surface area (Å²) in [5.74, 6) is 0.795. The molecule has 2 rings (SSSR count). The summed E-state index contributed by atoms with van der Waals surface area (Å²) in [5, 5.41) is 8.83. The van der Waals surface area contributed by atoms with E-state index in [1.165, 1.54) is 25.9 Å². The Morgan fingerprint density at radius 3 is 2.75 bits per heavy atom. The molecule has 0 spiro atoms. The van der Waals surface area contributed by atoms with E-state index >= 15 is 0 Å². The van der Waals surface area contributed by atoms with Crippen LogP contribution in [0.15, 0.2) is 24.3 Å². The van der Waals surface area contributed by atoms with Gasteiger partial charge in [0.05, 0.1) is 18.2 Å². The molecule has 1 aliphatic heterocycles. The lowest BCUT2D eigenvalue weighted by Gasteiger charge is -2.36. The van der Waals surface area contributed by atoms with Crippen molar-refractivity contribution in [2.45, 2.75) is 33.1 Å². The number of hydrogen-bond donors (Lipinski definition) is 0. The van der Waals surface area contributed by atoms with Gasteiger partial charge in [0, 0.05) is 6.54 Å². The van der Waals surface area contributed by atoms with Gasteiger partial charge in [-0.2, -0.15) is 5.26 Å². The molecule has 1 fully saturated rings. The Morgan fingerprint density at radius 2 is 2.05 bits per heavy atom. The minimum absolute atomic E-state index is 0.519. The number of piperidine rings is 1. The van der Waals surface area contributed by atoms with Crippen molar-refractivity contribution in [3.05, 3.63) is 29.8 Å². The van der Waals surface area contributed by atoms with Crippen molar-refractivity contribution < 1.29 is 4.74 Å². The molecule has 1 aromatic rings. The minimum Gasteiger partial charge on any atom is -0.494 e. The summed E-state index contributed by atoms with van der Waals surface area (Å²) >= 11 is 0. The maximum Gasteiger partial charge on any atom is 0.120 e. The molecule has 1 aromatic carbocycles. The van der Waals surface area contributed by atoms with Crippen LogP contribution >= 0.6 is 0 Å². The molecule has 3 nitrogen and oxygen atoms in total. The van der Waals surface area contributed by atoms with Gasteiger partial charge >= 0.3 is 0 Å². The molecule has 0 amide bonds. The molecule has 0 unspecified atom stereocenters. The lowest BCUT2D eigenvalue weighted by atomic mass is 9.83. The van der Waals surface area contributed by atoms with Gasteiger partial charge in [-0.1, -0.05) is 19.9 Å². The molecule has 20 heavy (non-hydrogen) atoms. The quantitative estimate of drug-likeness (QED) is 0.770. The number of nitrogens with zero attached hydrogens (tertiary/aromatic N) is 2. The summed E-state index contributed by atoms with van der Waals surface area (Å²) in [5.41, 5.74) is 1.17. The lowest BCUT2D eigenvalue weighted by Crippen LogP contribution is -2.38. The molecule has 1 saturated heterocycles. The first kappa shape index (κ1) is 14.9. The van der Waals surface area contributed by atoms with Crippen LogP contribution in [0.3, 0.4) is 0 Å². The van der Waals surface area contributed by atoms with E-state index in [1.54, 1.807) is 12.1 Å². The molecule has 0 aliphatic carbocycles. The topological polar surface area (TPSA) is 36.3 Å². The second kappa shape index (κ2) is 6.76. The van der Waals surface area contributed by atoms with Gasteiger partial charge in [0.25, 0.3) is 0 Å². The zero-order valence-corrected chi connectivity index (χ0v) is 12.6. The van der Waals surface area contributed by atoms with Gasteiger partial charge in [0.2, 0.25) is 0 Å². The molecule has 0 bridgehead atoms. The average Bonchev–Trinajstić information content (AvgIpc) is 2.45. The third kappa shape index (κ3) is 4.54. The summed E-state index contributed by atoms with van der Waals surface area (Å²) in [7, 11) is 0. The molecular formula is C17H24N2O. The number of rotatable bonds is 5. The maximum atomic E-state index is 8.83. The number of likely N-dealkylation sites (tertiary alicyclic amines) is 1. The van der Waals surface area contributed by atoms with E-state index in [9.17, 15) is 0 Å². The van der Waals surface area contributed by atoms with Crippen molar-refractivity contribution in [1.82, 2.24) is 4.90 Å². The third-order valence-corrected chi connectivity index (χ3v) is 4.06. The van der Waals surface area contributed by atoms with Gasteiger partial charge in [-0.3, -0.25) is 0 Å². The zero-order chi connectivity index (χ0) is 14.4. The van der Waals surface area contributed by atoms with Gasteiger partial charge in [-0.25, -0.2) is 0 Å². The van der Waals surface area contributed by atoms with Crippen LogP contribution in [0.4, 0.5) is 0 Å². The Bertz CT molecular complexity index is 466. The molecule has 1 heterocycles. The second-order valence-electron chi connectivity index (χ2n) is 6.35. The smallest absolute Gasteiger partial charge is 0.120 e. The number of hydrogen-bond acceptors (Lipinski definition) is 3. The van der Waals surface area contributed by atoms with Crippen molar-refractivity contribution in [1.29, 1.82) is 5.26 Å². The van der Waals surface area contributed by atoms with Gasteiger partial charge in [0.15, 0.2) is 0 Å². The Balaban J connectivity index is 1.66. The SMILES string of the molecule is CC1(C)CCN(CCCOc2cccc(C#N)c2)CC1. The fourth-order valence-corrected chi connectivity index (χ4v) is 2.52. The van der Waals surface area contributed by atoms with E-state index in [2.05, 4.69) is 24.8 Å². The lowest BCUT2D eigenvalue weighted by molar-refractivity contribution is 0.126. The molecule has 0 radical (unpaired) electrons. The van der Waals surface area contributed by atoms with E-state index in [-0.39, 0.29) is 0 Å². The molecule has 0 atom stereocenters. The van der Waals surface area contributed by atoms with Crippen molar-refractivity contribution >= 4 is 0 Å². The van der Waals surface area contributed by atoms with Gasteiger partial charge in [0.1, 0.15) is 5.75 Å². The zero-order valence-electron chi connectivity index (χ0n) is 12.6. The van der Waals surface area contributed by atoms with Crippen molar-refractivity contribution in [2.24, 2.45) is 5.41 Å². The minimum atomic E-state index is 0.519. The van der Waals surface area contributed by atoms with Gasteiger partial charge in [-0.05, 0) is 56.0 Å². The molecule has 1 aliphatic rings. The maximum absolute atomic E-state index is 8.83. The Labute approximate surface area is 122 Å². The van der Waals surface area contributed by atoms with Crippen LogP contribution in [0.25, 0.3) is 0 Å². The highest BCUT2D eigenvalue weighted by Gasteiger charge is 2.24. The molecule has 0 N–H and O–H groups in total. The summed E-state index contributed by atoms with van der Waals surface area (Å²) in [6.07, 6.45) is 3.62. The van der Waals surface area contributed by atoms with Crippen molar-refractivity contribution in [3.8, 4) is 11.8 Å². The highest BCUT2D eigenvalue weighted by atomic mass is 16.5. The van der Waals surface area contributed by atoms with Crippen LogP contribution in [0.5, 0.6) is 5.75 Å². The number of nitriles is 1. The largest absolute Gasteiger partial charge is 0.494 e. The highest BCUT2D eigenvalue weighted by Crippen LogP contribution is 2.29. The van der Waals surface area contributed by atoms with Crippen LogP contribution in [-0.2, 0) is 0 Å². The first-order valence-electron chi connectivity index (χ1n) is 7.44. The second-order valence-corrected chi connectivity index (χ2v) is 6.35. The highest BCUT2D eigenvalue weighted by molar-refractivity contribution is 5.36. The predicted molar refractivity (Wildman–Crippen MR) is 80.7 cm³/mol. The first-order valence-corrected chi connectivity index (χ1v) is 7.44. The molecule has 0 saturated carbocycles. The van der Waals surface area contributed by atoms with E-state index in [0.717, 1.165) is 25.3 Å². The Kier molecular flexibility index (Phi) is 5.03. The van der Waals surface area contributed by atoms with E-state index in [1.807, 2.05) is 12.1 Å². The van der Waals surface area contributed by atoms with Crippen LogP contribution in [0.1, 0.15) is 38.7 Å². The first-order chi connectivity index (χ1) is 9.59. The monoisotopic (exact) mass is 272 g/mol. The van der Waals surface area contributed by atoms with Gasteiger partial charge in [-0.15, -0.1) is 0 Å². The molecule has 0 aromatic heterocycles. The molecule has 3 heteroatoms. The fraction of sp³-hybridized carbons (Fsp3) is 0.588. The standard InChI is InChI=1S/C17H24N2O/c1-17(2)7-10-19(11-8-17)9-4-12-20-16-6-3-5-15(13-16)14-18/h3,5-6,13H,4,7-12H2,1-2H3. The van der Waals surface area contributed by atoms with Crippen molar-refractivity contribution in [3.63, 3.8) is 0 Å². The third-order valence-electron chi connectivity index (χ3n) is 4.06. The Morgan fingerprint density at radius 1 is 1.30 bits per heavy atom. The normalized spacial score (nSPS) is 18.4. The summed E-state index contributed by atoms with van der Waals surface area (Å²) in [4.78, 5) is 2.53. The average molecular weight is 272 g/mol. The predicted octanol–water partition coefficient (Wildman–Crippen LogP) is 3.45. The molecular weight excluding hydrogens is 248 g/mol. The Hall–Kier alpha value is -1.53. The van der Waals surface area contributed by atoms with E-state index in [0.29, 0.717) is 11.0 Å². The number of benzene rings is 1. The van der Waals surface area contributed by atoms with E-state index in [4.69, 9.17) is 10.00 Å². The van der Waals surface area contributed by atoms with Crippen molar-refractivity contribution in [2.75, 3.05) is 26.2 Å². The summed E-state index contributed by atoms with van der Waals surface area (Å²) in [6, 6.07) is 9.49. The number of ether oxygens (including phenoxy) is 1. The van der Waals surface area contributed by atoms with Crippen LogP contribution in [0.2, 0.25) is 0 Å². The van der Waals surface area contributed by atoms with Crippen LogP contribution in [0, 0.1) is 16.7 Å². The van der Waals surface area contributed by atoms with E-state index < -0.39 is 0 Å². The van der Waals surface area contributed by atoms with Crippen LogP contribution < -0.4 is 4.74 Å². The summed E-state index contributed by atoms with van der Waals surface area (Å²) in [6.45, 7) is 8.95. The van der Waals surface area contributed by atoms with Gasteiger partial charge < -0.3 is 9.64 Å². The summed E-state index contributed by atoms with van der Waals surface area (Å²) < 4.78 is 5.70. The van der Waals surface area contributed by atoms with Crippen LogP contribution in [-0.4, -0.2) is 31.1 Å². The molecule has 108 valence electrons. The fourth-order valence-electron chi connectivity index (χ4n) is 2.52.